The first-order chi connectivity index (χ1) is 10.7. The first-order valence-electron chi connectivity index (χ1n) is 7.88. The van der Waals surface area contributed by atoms with E-state index in [2.05, 4.69) is 16.1 Å². The van der Waals surface area contributed by atoms with Gasteiger partial charge in [-0.15, -0.1) is 0 Å². The smallest absolute Gasteiger partial charge is 0.320 e. The van der Waals surface area contributed by atoms with Gasteiger partial charge in [0, 0.05) is 45.8 Å². The van der Waals surface area contributed by atoms with Gasteiger partial charge in [0.1, 0.15) is 17.5 Å². The molecular weight excluding hydrogens is 280 g/mol. The van der Waals surface area contributed by atoms with Crippen LogP contribution in [-0.4, -0.2) is 64.4 Å². The molecule has 1 aromatic heterocycles. The number of rotatable bonds is 3. The van der Waals surface area contributed by atoms with Crippen LogP contribution in [0, 0.1) is 11.3 Å². The van der Waals surface area contributed by atoms with Gasteiger partial charge in [-0.1, -0.05) is 0 Å². The van der Waals surface area contributed by atoms with Crippen LogP contribution in [0.2, 0.25) is 0 Å². The second-order valence-corrected chi connectivity index (χ2v) is 5.89. The SMILES string of the molecule is CCN1CCN(C2CCN(c3c(C#N)cnn3C)CC2)C1=O. The first kappa shape index (κ1) is 14.7. The molecule has 3 heterocycles. The number of piperidine rings is 1. The van der Waals surface area contributed by atoms with Crippen LogP contribution < -0.4 is 4.90 Å². The van der Waals surface area contributed by atoms with E-state index >= 15 is 0 Å². The topological polar surface area (TPSA) is 68.4 Å². The molecule has 0 saturated carbocycles. The van der Waals surface area contributed by atoms with E-state index in [0.29, 0.717) is 11.6 Å². The Hall–Kier alpha value is -2.23. The van der Waals surface area contributed by atoms with E-state index in [1.54, 1.807) is 10.9 Å². The lowest BCUT2D eigenvalue weighted by Crippen LogP contribution is -2.47. The lowest BCUT2D eigenvalue weighted by Gasteiger charge is -2.37. The molecule has 0 unspecified atom stereocenters. The van der Waals surface area contributed by atoms with Gasteiger partial charge < -0.3 is 14.7 Å². The number of amides is 2. The first-order valence-corrected chi connectivity index (χ1v) is 7.88. The Labute approximate surface area is 130 Å². The molecule has 22 heavy (non-hydrogen) atoms. The second kappa shape index (κ2) is 5.87. The molecule has 118 valence electrons. The minimum Gasteiger partial charge on any atom is -0.356 e. The summed E-state index contributed by atoms with van der Waals surface area (Å²) < 4.78 is 1.76. The number of nitrogens with zero attached hydrogens (tertiary/aromatic N) is 6. The minimum atomic E-state index is 0.180. The van der Waals surface area contributed by atoms with Crippen LogP contribution in [0.5, 0.6) is 0 Å². The molecule has 0 radical (unpaired) electrons. The molecule has 2 saturated heterocycles. The fraction of sp³-hybridized carbons (Fsp3) is 0.667. The van der Waals surface area contributed by atoms with Crippen molar-refractivity contribution in [2.45, 2.75) is 25.8 Å². The van der Waals surface area contributed by atoms with E-state index in [0.717, 1.165) is 51.4 Å². The van der Waals surface area contributed by atoms with Gasteiger partial charge in [-0.25, -0.2) is 4.79 Å². The molecule has 2 aliphatic rings. The number of nitriles is 1. The molecule has 2 fully saturated rings. The summed E-state index contributed by atoms with van der Waals surface area (Å²) in [6.45, 7) is 6.20. The largest absolute Gasteiger partial charge is 0.356 e. The average molecular weight is 302 g/mol. The molecule has 1 aromatic rings. The monoisotopic (exact) mass is 302 g/mol. The Morgan fingerprint density at radius 2 is 2.05 bits per heavy atom. The van der Waals surface area contributed by atoms with Crippen molar-refractivity contribution in [1.29, 1.82) is 5.26 Å². The Bertz CT molecular complexity index is 596. The van der Waals surface area contributed by atoms with Crippen molar-refractivity contribution in [3.63, 3.8) is 0 Å². The Morgan fingerprint density at radius 3 is 2.64 bits per heavy atom. The van der Waals surface area contributed by atoms with Crippen molar-refractivity contribution in [2.24, 2.45) is 7.05 Å². The zero-order chi connectivity index (χ0) is 15.7. The summed E-state index contributed by atoms with van der Waals surface area (Å²) in [5.41, 5.74) is 0.621. The van der Waals surface area contributed by atoms with Gasteiger partial charge in [-0.3, -0.25) is 4.68 Å². The van der Waals surface area contributed by atoms with E-state index < -0.39 is 0 Å². The van der Waals surface area contributed by atoms with Crippen LogP contribution in [-0.2, 0) is 7.05 Å². The summed E-state index contributed by atoms with van der Waals surface area (Å²) in [7, 11) is 1.87. The number of hydrogen-bond acceptors (Lipinski definition) is 4. The number of urea groups is 1. The van der Waals surface area contributed by atoms with Crippen molar-refractivity contribution < 1.29 is 4.79 Å². The van der Waals surface area contributed by atoms with Crippen LogP contribution in [0.4, 0.5) is 10.6 Å². The van der Waals surface area contributed by atoms with Gasteiger partial charge in [-0.05, 0) is 19.8 Å². The van der Waals surface area contributed by atoms with E-state index in [1.165, 1.54) is 0 Å². The number of anilines is 1. The molecule has 7 heteroatoms. The fourth-order valence-corrected chi connectivity index (χ4v) is 3.51. The van der Waals surface area contributed by atoms with Gasteiger partial charge in [0.15, 0.2) is 0 Å². The standard InChI is InChI=1S/C15H22N6O/c1-3-19-8-9-21(15(19)22)13-4-6-20(7-5-13)14-12(10-16)11-17-18(14)2/h11,13H,3-9H2,1-2H3. The molecule has 2 aliphatic heterocycles. The molecule has 0 N–H and O–H groups in total. The lowest BCUT2D eigenvalue weighted by molar-refractivity contribution is 0.169. The summed E-state index contributed by atoms with van der Waals surface area (Å²) in [4.78, 5) is 18.4. The Morgan fingerprint density at radius 1 is 1.32 bits per heavy atom. The molecule has 7 nitrogen and oxygen atoms in total. The maximum absolute atomic E-state index is 12.3. The highest BCUT2D eigenvalue weighted by molar-refractivity contribution is 5.76. The molecule has 0 bridgehead atoms. The Kier molecular flexibility index (Phi) is 3.92. The summed E-state index contributed by atoms with van der Waals surface area (Å²) in [6, 6.07) is 2.70. The van der Waals surface area contributed by atoms with Crippen molar-refractivity contribution in [3.05, 3.63) is 11.8 Å². The number of carbonyl (C=O) groups is 1. The number of hydrogen-bond donors (Lipinski definition) is 0. The summed E-state index contributed by atoms with van der Waals surface area (Å²) in [5.74, 6) is 0.892. The van der Waals surface area contributed by atoms with Crippen LogP contribution in [0.1, 0.15) is 25.3 Å². The van der Waals surface area contributed by atoms with Crippen LogP contribution in [0.3, 0.4) is 0 Å². The van der Waals surface area contributed by atoms with Gasteiger partial charge in [0.25, 0.3) is 0 Å². The molecule has 0 spiro atoms. The molecule has 2 amide bonds. The predicted octanol–water partition coefficient (Wildman–Crippen LogP) is 1.02. The van der Waals surface area contributed by atoms with E-state index in [1.807, 2.05) is 23.8 Å². The van der Waals surface area contributed by atoms with Crippen molar-refractivity contribution in [1.82, 2.24) is 19.6 Å². The highest BCUT2D eigenvalue weighted by Crippen LogP contribution is 2.26. The minimum absolute atomic E-state index is 0.180. The number of likely N-dealkylation sites (N-methyl/N-ethyl adjacent to an activating group) is 1. The highest BCUT2D eigenvalue weighted by Gasteiger charge is 2.35. The fourth-order valence-electron chi connectivity index (χ4n) is 3.51. The van der Waals surface area contributed by atoms with Crippen molar-refractivity contribution in [3.8, 4) is 6.07 Å². The predicted molar refractivity (Wildman–Crippen MR) is 82.5 cm³/mol. The molecule has 0 aliphatic carbocycles. The normalized spacial score (nSPS) is 19.9. The molecule has 3 rings (SSSR count). The summed E-state index contributed by atoms with van der Waals surface area (Å²) in [6.07, 6.45) is 3.50. The highest BCUT2D eigenvalue weighted by atomic mass is 16.2. The van der Waals surface area contributed by atoms with Crippen LogP contribution in [0.15, 0.2) is 6.20 Å². The van der Waals surface area contributed by atoms with E-state index in [4.69, 9.17) is 0 Å². The number of aromatic nitrogens is 2. The number of aryl methyl sites for hydroxylation is 1. The van der Waals surface area contributed by atoms with Gasteiger partial charge in [0.2, 0.25) is 0 Å². The average Bonchev–Trinajstić information content (AvgIpc) is 3.10. The van der Waals surface area contributed by atoms with Gasteiger partial charge >= 0.3 is 6.03 Å². The third kappa shape index (κ3) is 2.39. The third-order valence-electron chi connectivity index (χ3n) is 4.74. The molecular formula is C15H22N6O. The summed E-state index contributed by atoms with van der Waals surface area (Å²) in [5, 5.41) is 13.4. The maximum atomic E-state index is 12.3. The quantitative estimate of drug-likeness (QED) is 0.836. The molecule has 0 aromatic carbocycles. The number of carbonyl (C=O) groups excluding carboxylic acids is 1. The van der Waals surface area contributed by atoms with Crippen molar-refractivity contribution >= 4 is 11.8 Å². The van der Waals surface area contributed by atoms with E-state index in [9.17, 15) is 10.1 Å². The third-order valence-corrected chi connectivity index (χ3v) is 4.74. The molecule has 0 atom stereocenters. The lowest BCUT2D eigenvalue weighted by atomic mass is 10.0. The Balaban J connectivity index is 1.65. The zero-order valence-electron chi connectivity index (χ0n) is 13.2. The van der Waals surface area contributed by atoms with Crippen LogP contribution >= 0.6 is 0 Å². The zero-order valence-corrected chi connectivity index (χ0v) is 13.2. The van der Waals surface area contributed by atoms with Gasteiger partial charge in [-0.2, -0.15) is 10.4 Å². The van der Waals surface area contributed by atoms with E-state index in [-0.39, 0.29) is 6.03 Å². The van der Waals surface area contributed by atoms with Crippen molar-refractivity contribution in [2.75, 3.05) is 37.6 Å². The van der Waals surface area contributed by atoms with Gasteiger partial charge in [0.05, 0.1) is 6.20 Å². The summed E-state index contributed by atoms with van der Waals surface area (Å²) >= 11 is 0. The maximum Gasteiger partial charge on any atom is 0.320 e. The second-order valence-electron chi connectivity index (χ2n) is 5.89. The van der Waals surface area contributed by atoms with Crippen LogP contribution in [0.25, 0.3) is 0 Å².